The van der Waals surface area contributed by atoms with Crippen molar-refractivity contribution >= 4 is 23.7 Å². The van der Waals surface area contributed by atoms with Gasteiger partial charge in [0.15, 0.2) is 0 Å². The van der Waals surface area contributed by atoms with Gasteiger partial charge in [-0.3, -0.25) is 14.4 Å². The van der Waals surface area contributed by atoms with Gasteiger partial charge in [-0.1, -0.05) is 12.2 Å². The molecule has 1 saturated heterocycles. The molecule has 1 fully saturated rings. The Morgan fingerprint density at radius 2 is 1.65 bits per heavy atom. The van der Waals surface area contributed by atoms with Crippen LogP contribution in [0.4, 0.5) is 0 Å². The summed E-state index contributed by atoms with van der Waals surface area (Å²) < 4.78 is 0. The lowest BCUT2D eigenvalue weighted by Crippen LogP contribution is -2.41. The molecule has 0 spiro atoms. The van der Waals surface area contributed by atoms with E-state index in [4.69, 9.17) is 4.84 Å². The van der Waals surface area contributed by atoms with E-state index in [0.717, 1.165) is 0 Å². The van der Waals surface area contributed by atoms with Crippen molar-refractivity contribution in [2.45, 2.75) is 32.1 Å². The minimum atomic E-state index is -0.772. The number of hydroxylamine groups is 2. The first-order valence-corrected chi connectivity index (χ1v) is 6.57. The van der Waals surface area contributed by atoms with Crippen LogP contribution in [0.5, 0.6) is 0 Å². The largest absolute Gasteiger partial charge is 0.352 e. The monoisotopic (exact) mass is 280 g/mol. The standard InChI is InChI=1S/C13H16N2O5/c16-10-5-3-1-2-4-8-14(10)9-13(19)20-15-11(17)6-7-12(15)18/h1-2H,3-9H2/b2-1-. The lowest BCUT2D eigenvalue weighted by Gasteiger charge is -2.23. The molecule has 0 atom stereocenters. The molecule has 0 aromatic heterocycles. The summed E-state index contributed by atoms with van der Waals surface area (Å²) in [7, 11) is 0. The van der Waals surface area contributed by atoms with Gasteiger partial charge in [0.05, 0.1) is 0 Å². The predicted molar refractivity (Wildman–Crippen MR) is 66.8 cm³/mol. The molecule has 2 rings (SSSR count). The van der Waals surface area contributed by atoms with Crippen molar-refractivity contribution in [1.29, 1.82) is 0 Å². The Morgan fingerprint density at radius 1 is 1.00 bits per heavy atom. The predicted octanol–water partition coefficient (Wildman–Crippen LogP) is 0.162. The molecule has 3 amide bonds. The van der Waals surface area contributed by atoms with E-state index < -0.39 is 17.8 Å². The molecule has 7 nitrogen and oxygen atoms in total. The van der Waals surface area contributed by atoms with Gasteiger partial charge >= 0.3 is 5.97 Å². The maximum Gasteiger partial charge on any atom is 0.352 e. The van der Waals surface area contributed by atoms with Crippen molar-refractivity contribution in [3.63, 3.8) is 0 Å². The Morgan fingerprint density at radius 3 is 2.35 bits per heavy atom. The Hall–Kier alpha value is -2.18. The van der Waals surface area contributed by atoms with Crippen LogP contribution in [0.2, 0.25) is 0 Å². The molecule has 0 aliphatic carbocycles. The molecule has 2 aliphatic heterocycles. The Bertz CT molecular complexity index is 455. The number of nitrogens with zero attached hydrogens (tertiary/aromatic N) is 2. The molecule has 2 heterocycles. The van der Waals surface area contributed by atoms with Crippen LogP contribution in [-0.4, -0.2) is 46.7 Å². The topological polar surface area (TPSA) is 84.0 Å². The van der Waals surface area contributed by atoms with Crippen molar-refractivity contribution in [3.8, 4) is 0 Å². The van der Waals surface area contributed by atoms with Crippen LogP contribution in [0.1, 0.15) is 32.1 Å². The van der Waals surface area contributed by atoms with Crippen molar-refractivity contribution in [3.05, 3.63) is 12.2 Å². The van der Waals surface area contributed by atoms with Gasteiger partial charge in [0.2, 0.25) is 5.91 Å². The summed E-state index contributed by atoms with van der Waals surface area (Å²) in [4.78, 5) is 52.3. The first-order valence-electron chi connectivity index (χ1n) is 6.57. The quantitative estimate of drug-likeness (QED) is 0.543. The van der Waals surface area contributed by atoms with E-state index >= 15 is 0 Å². The molecule has 0 radical (unpaired) electrons. The maximum absolute atomic E-state index is 11.8. The van der Waals surface area contributed by atoms with Gasteiger partial charge in [-0.2, -0.15) is 0 Å². The maximum atomic E-state index is 11.8. The van der Waals surface area contributed by atoms with Gasteiger partial charge in [-0.25, -0.2) is 4.79 Å². The smallest absolute Gasteiger partial charge is 0.331 e. The number of hydrogen-bond donors (Lipinski definition) is 0. The van der Waals surface area contributed by atoms with E-state index in [1.807, 2.05) is 12.2 Å². The van der Waals surface area contributed by atoms with Crippen molar-refractivity contribution in [1.82, 2.24) is 9.96 Å². The number of imide groups is 1. The normalized spacial score (nSPS) is 21.7. The second-order valence-corrected chi connectivity index (χ2v) is 4.66. The third-order valence-electron chi connectivity index (χ3n) is 3.13. The lowest BCUT2D eigenvalue weighted by molar-refractivity contribution is -0.198. The van der Waals surface area contributed by atoms with E-state index in [0.29, 0.717) is 30.9 Å². The lowest BCUT2D eigenvalue weighted by atomic mass is 10.2. The van der Waals surface area contributed by atoms with Gasteiger partial charge in [0.1, 0.15) is 6.54 Å². The molecule has 0 bridgehead atoms. The van der Waals surface area contributed by atoms with Gasteiger partial charge < -0.3 is 9.74 Å². The van der Waals surface area contributed by atoms with Gasteiger partial charge in [0.25, 0.3) is 11.8 Å². The highest BCUT2D eigenvalue weighted by Crippen LogP contribution is 2.13. The summed E-state index contributed by atoms with van der Waals surface area (Å²) in [6, 6.07) is 0. The zero-order chi connectivity index (χ0) is 14.5. The SMILES string of the molecule is O=C(CN1CC/C=C\CCC1=O)ON1C(=O)CCC1=O. The third kappa shape index (κ3) is 3.43. The Labute approximate surface area is 116 Å². The average molecular weight is 280 g/mol. The highest BCUT2D eigenvalue weighted by Gasteiger charge is 2.33. The molecule has 108 valence electrons. The van der Waals surface area contributed by atoms with Crippen LogP contribution in [0, 0.1) is 0 Å². The number of carbonyl (C=O) groups is 4. The molecule has 0 aromatic carbocycles. The molecule has 2 aliphatic rings. The summed E-state index contributed by atoms with van der Waals surface area (Å²) in [5.41, 5.74) is 0. The molecular weight excluding hydrogens is 264 g/mol. The van der Waals surface area contributed by atoms with Gasteiger partial charge in [0, 0.05) is 25.8 Å². The van der Waals surface area contributed by atoms with Crippen molar-refractivity contribution in [2.24, 2.45) is 0 Å². The van der Waals surface area contributed by atoms with Crippen LogP contribution in [0.3, 0.4) is 0 Å². The van der Waals surface area contributed by atoms with E-state index in [1.165, 1.54) is 4.90 Å². The highest BCUT2D eigenvalue weighted by molar-refractivity contribution is 6.01. The summed E-state index contributed by atoms with van der Waals surface area (Å²) in [6.07, 6.45) is 5.66. The first kappa shape index (κ1) is 14.2. The Kier molecular flexibility index (Phi) is 4.49. The van der Waals surface area contributed by atoms with E-state index in [-0.39, 0.29) is 25.3 Å². The van der Waals surface area contributed by atoms with Crippen LogP contribution >= 0.6 is 0 Å². The van der Waals surface area contributed by atoms with E-state index in [9.17, 15) is 19.2 Å². The average Bonchev–Trinajstić information content (AvgIpc) is 2.70. The first-order chi connectivity index (χ1) is 9.58. The van der Waals surface area contributed by atoms with Gasteiger partial charge in [-0.05, 0) is 12.8 Å². The Balaban J connectivity index is 1.89. The summed E-state index contributed by atoms with van der Waals surface area (Å²) >= 11 is 0. The van der Waals surface area contributed by atoms with Crippen molar-refractivity contribution < 1.29 is 24.0 Å². The zero-order valence-corrected chi connectivity index (χ0v) is 11.0. The number of hydrogen-bond acceptors (Lipinski definition) is 5. The van der Waals surface area contributed by atoms with Crippen LogP contribution < -0.4 is 0 Å². The summed E-state index contributed by atoms with van der Waals surface area (Å²) in [5.74, 6) is -1.95. The zero-order valence-electron chi connectivity index (χ0n) is 11.0. The number of rotatable bonds is 3. The van der Waals surface area contributed by atoms with Crippen molar-refractivity contribution in [2.75, 3.05) is 13.1 Å². The third-order valence-corrected chi connectivity index (χ3v) is 3.13. The molecule has 0 unspecified atom stereocenters. The van der Waals surface area contributed by atoms with Gasteiger partial charge in [-0.15, -0.1) is 5.06 Å². The molecule has 0 aromatic rings. The van der Waals surface area contributed by atoms with Crippen LogP contribution in [0.15, 0.2) is 12.2 Å². The summed E-state index contributed by atoms with van der Waals surface area (Å²) in [5, 5.41) is 0.497. The number of allylic oxidation sites excluding steroid dienone is 1. The van der Waals surface area contributed by atoms with E-state index in [2.05, 4.69) is 0 Å². The second-order valence-electron chi connectivity index (χ2n) is 4.66. The summed E-state index contributed by atoms with van der Waals surface area (Å²) in [6.45, 7) is 0.177. The molecular formula is C13H16N2O5. The molecule has 20 heavy (non-hydrogen) atoms. The fraction of sp³-hybridized carbons (Fsp3) is 0.538. The second kappa shape index (κ2) is 6.31. The fourth-order valence-corrected chi connectivity index (χ4v) is 2.07. The molecule has 7 heteroatoms. The van der Waals surface area contributed by atoms with Crippen LogP contribution in [-0.2, 0) is 24.0 Å². The van der Waals surface area contributed by atoms with E-state index in [1.54, 1.807) is 0 Å². The minimum absolute atomic E-state index is 0.0551. The fourth-order valence-electron chi connectivity index (χ4n) is 2.07. The minimum Gasteiger partial charge on any atom is -0.331 e. The number of carbonyl (C=O) groups excluding carboxylic acids is 4. The highest BCUT2D eigenvalue weighted by atomic mass is 16.7. The molecule has 0 N–H and O–H groups in total. The van der Waals surface area contributed by atoms with Crippen LogP contribution in [0.25, 0.3) is 0 Å². The molecule has 0 saturated carbocycles. The number of amides is 3.